The summed E-state index contributed by atoms with van der Waals surface area (Å²) >= 11 is 1.32. The first kappa shape index (κ1) is 19.2. The molecule has 0 radical (unpaired) electrons. The van der Waals surface area contributed by atoms with Crippen LogP contribution in [0.15, 0.2) is 60.0 Å². The van der Waals surface area contributed by atoms with Gasteiger partial charge in [0.05, 0.1) is 17.5 Å². The van der Waals surface area contributed by atoms with E-state index in [9.17, 15) is 9.18 Å². The molecule has 0 fully saturated rings. The fourth-order valence-electron chi connectivity index (χ4n) is 2.75. The second-order valence-electron chi connectivity index (χ2n) is 6.48. The van der Waals surface area contributed by atoms with E-state index in [2.05, 4.69) is 36.3 Å². The molecule has 0 saturated heterocycles. The van der Waals surface area contributed by atoms with Crippen molar-refractivity contribution in [3.63, 3.8) is 0 Å². The Bertz CT molecular complexity index is 954. The zero-order valence-corrected chi connectivity index (χ0v) is 16.4. The molecule has 1 unspecified atom stereocenters. The molecular formula is C21H22FN3OS. The van der Waals surface area contributed by atoms with Crippen LogP contribution in [-0.4, -0.2) is 21.2 Å². The predicted molar refractivity (Wildman–Crippen MR) is 107 cm³/mol. The van der Waals surface area contributed by atoms with Gasteiger partial charge in [0.15, 0.2) is 5.16 Å². The van der Waals surface area contributed by atoms with Crippen LogP contribution >= 0.6 is 11.8 Å². The highest BCUT2D eigenvalue weighted by atomic mass is 32.2. The number of halogens is 1. The molecule has 3 rings (SSSR count). The van der Waals surface area contributed by atoms with Crippen LogP contribution in [-0.2, 0) is 4.79 Å². The fraction of sp³-hybridized carbons (Fsp3) is 0.238. The predicted octanol–water partition coefficient (Wildman–Crippen LogP) is 4.60. The summed E-state index contributed by atoms with van der Waals surface area (Å²) in [7, 11) is 0. The largest absolute Gasteiger partial charge is 0.349 e. The van der Waals surface area contributed by atoms with Crippen molar-refractivity contribution in [2.24, 2.45) is 0 Å². The minimum atomic E-state index is -0.308. The van der Waals surface area contributed by atoms with Crippen molar-refractivity contribution in [1.82, 2.24) is 14.9 Å². The quantitative estimate of drug-likeness (QED) is 0.633. The number of rotatable bonds is 6. The van der Waals surface area contributed by atoms with Gasteiger partial charge < -0.3 is 5.32 Å². The minimum absolute atomic E-state index is 0.0691. The summed E-state index contributed by atoms with van der Waals surface area (Å²) in [6.07, 6.45) is 3.40. The van der Waals surface area contributed by atoms with E-state index in [0.29, 0.717) is 10.8 Å². The average molecular weight is 383 g/mol. The van der Waals surface area contributed by atoms with E-state index in [1.54, 1.807) is 29.1 Å². The van der Waals surface area contributed by atoms with Gasteiger partial charge in [-0.05, 0) is 55.7 Å². The van der Waals surface area contributed by atoms with Crippen molar-refractivity contribution in [1.29, 1.82) is 0 Å². The second-order valence-corrected chi connectivity index (χ2v) is 7.42. The molecule has 1 heterocycles. The molecule has 3 aromatic rings. The smallest absolute Gasteiger partial charge is 0.230 e. The molecule has 0 aliphatic heterocycles. The number of imidazole rings is 1. The van der Waals surface area contributed by atoms with Gasteiger partial charge in [0.1, 0.15) is 5.82 Å². The number of amides is 1. The lowest BCUT2D eigenvalue weighted by Crippen LogP contribution is -2.28. The zero-order chi connectivity index (χ0) is 19.4. The Kier molecular flexibility index (Phi) is 5.96. The number of hydrogen-bond donors (Lipinski definition) is 1. The van der Waals surface area contributed by atoms with Gasteiger partial charge in [-0.15, -0.1) is 0 Å². The molecule has 6 heteroatoms. The third kappa shape index (κ3) is 4.77. The summed E-state index contributed by atoms with van der Waals surface area (Å²) in [5.74, 6) is -0.141. The van der Waals surface area contributed by atoms with Gasteiger partial charge in [-0.1, -0.05) is 36.0 Å². The van der Waals surface area contributed by atoms with Gasteiger partial charge in [0.25, 0.3) is 0 Å². The lowest BCUT2D eigenvalue weighted by Gasteiger charge is -2.15. The molecule has 1 atom stereocenters. The van der Waals surface area contributed by atoms with Crippen LogP contribution in [0.3, 0.4) is 0 Å². The number of aromatic nitrogens is 2. The van der Waals surface area contributed by atoms with Crippen molar-refractivity contribution in [3.8, 4) is 5.69 Å². The Morgan fingerprint density at radius 2 is 2.04 bits per heavy atom. The Morgan fingerprint density at radius 3 is 2.78 bits per heavy atom. The molecule has 1 N–H and O–H groups in total. The molecule has 4 nitrogen and oxygen atoms in total. The lowest BCUT2D eigenvalue weighted by molar-refractivity contribution is -0.119. The minimum Gasteiger partial charge on any atom is -0.349 e. The van der Waals surface area contributed by atoms with E-state index in [1.807, 2.05) is 13.0 Å². The van der Waals surface area contributed by atoms with Gasteiger partial charge in [-0.3, -0.25) is 9.36 Å². The Hall–Kier alpha value is -2.60. The number of thioether (sulfide) groups is 1. The maximum absolute atomic E-state index is 13.5. The molecule has 1 aromatic heterocycles. The lowest BCUT2D eigenvalue weighted by atomic mass is 10.0. The highest BCUT2D eigenvalue weighted by Crippen LogP contribution is 2.22. The average Bonchev–Trinajstić information content (AvgIpc) is 3.11. The van der Waals surface area contributed by atoms with Gasteiger partial charge in [0.2, 0.25) is 5.91 Å². The van der Waals surface area contributed by atoms with E-state index in [0.717, 1.165) is 5.56 Å². The molecule has 140 valence electrons. The van der Waals surface area contributed by atoms with E-state index in [4.69, 9.17) is 0 Å². The van der Waals surface area contributed by atoms with E-state index in [-0.39, 0.29) is 23.5 Å². The molecule has 0 saturated carbocycles. The first-order chi connectivity index (χ1) is 12.9. The van der Waals surface area contributed by atoms with E-state index < -0.39 is 0 Å². The Labute approximate surface area is 162 Å². The molecule has 1 amide bonds. The van der Waals surface area contributed by atoms with Gasteiger partial charge in [-0.25, -0.2) is 9.37 Å². The highest BCUT2D eigenvalue weighted by Gasteiger charge is 2.13. The van der Waals surface area contributed by atoms with Gasteiger partial charge in [0, 0.05) is 12.4 Å². The summed E-state index contributed by atoms with van der Waals surface area (Å²) in [5.41, 5.74) is 4.20. The van der Waals surface area contributed by atoms with Crippen LogP contribution in [0.25, 0.3) is 5.69 Å². The number of hydrogen-bond acceptors (Lipinski definition) is 3. The SMILES string of the molecule is Cc1ccc(C(C)NC(=O)CSc2nccn2-c2cccc(F)c2)cc1C. The number of nitrogens with zero attached hydrogens (tertiary/aromatic N) is 2. The fourth-order valence-corrected chi connectivity index (χ4v) is 3.53. The van der Waals surface area contributed by atoms with Crippen LogP contribution in [0, 0.1) is 19.7 Å². The van der Waals surface area contributed by atoms with Crippen LogP contribution in [0.5, 0.6) is 0 Å². The van der Waals surface area contributed by atoms with Crippen molar-refractivity contribution >= 4 is 17.7 Å². The Morgan fingerprint density at radius 1 is 1.22 bits per heavy atom. The van der Waals surface area contributed by atoms with Gasteiger partial charge in [-0.2, -0.15) is 0 Å². The van der Waals surface area contributed by atoms with Crippen LogP contribution < -0.4 is 5.32 Å². The van der Waals surface area contributed by atoms with E-state index >= 15 is 0 Å². The molecule has 27 heavy (non-hydrogen) atoms. The maximum atomic E-state index is 13.5. The number of carbonyl (C=O) groups excluding carboxylic acids is 1. The van der Waals surface area contributed by atoms with Crippen LogP contribution in [0.2, 0.25) is 0 Å². The maximum Gasteiger partial charge on any atom is 0.230 e. The number of aryl methyl sites for hydroxylation is 2. The molecule has 0 bridgehead atoms. The molecule has 2 aromatic carbocycles. The summed E-state index contributed by atoms with van der Waals surface area (Å²) in [6.45, 7) is 6.11. The van der Waals surface area contributed by atoms with Crippen molar-refractivity contribution in [3.05, 3.63) is 77.4 Å². The molecule has 0 aliphatic carbocycles. The van der Waals surface area contributed by atoms with E-state index in [1.165, 1.54) is 35.0 Å². The number of nitrogens with one attached hydrogen (secondary N) is 1. The second kappa shape index (κ2) is 8.39. The number of carbonyl (C=O) groups is 1. The molecule has 0 spiro atoms. The molecular weight excluding hydrogens is 361 g/mol. The summed E-state index contributed by atoms with van der Waals surface area (Å²) in [6, 6.07) is 12.4. The van der Waals surface area contributed by atoms with Crippen molar-refractivity contribution in [2.45, 2.75) is 32.0 Å². The van der Waals surface area contributed by atoms with Gasteiger partial charge >= 0.3 is 0 Å². The van der Waals surface area contributed by atoms with Crippen molar-refractivity contribution in [2.75, 3.05) is 5.75 Å². The third-order valence-electron chi connectivity index (χ3n) is 4.43. The van der Waals surface area contributed by atoms with Crippen LogP contribution in [0.4, 0.5) is 4.39 Å². The third-order valence-corrected chi connectivity index (χ3v) is 5.40. The monoisotopic (exact) mass is 383 g/mol. The number of benzene rings is 2. The molecule has 0 aliphatic rings. The normalized spacial score (nSPS) is 12.0. The Balaban J connectivity index is 1.61. The summed E-state index contributed by atoms with van der Waals surface area (Å²) < 4.78 is 15.2. The first-order valence-electron chi connectivity index (χ1n) is 8.72. The summed E-state index contributed by atoms with van der Waals surface area (Å²) in [4.78, 5) is 16.6. The standard InChI is InChI=1S/C21H22FN3OS/c1-14-7-8-17(11-15(14)2)16(3)24-20(26)13-27-21-23-9-10-25(21)19-6-4-5-18(22)12-19/h4-12,16H,13H2,1-3H3,(H,24,26). The van der Waals surface area contributed by atoms with Crippen LogP contribution in [0.1, 0.15) is 29.7 Å². The first-order valence-corrected chi connectivity index (χ1v) is 9.71. The zero-order valence-electron chi connectivity index (χ0n) is 15.6. The highest BCUT2D eigenvalue weighted by molar-refractivity contribution is 7.99. The topological polar surface area (TPSA) is 46.9 Å². The van der Waals surface area contributed by atoms with Crippen molar-refractivity contribution < 1.29 is 9.18 Å². The summed E-state index contributed by atoms with van der Waals surface area (Å²) in [5, 5.41) is 3.66.